The molecule has 0 aliphatic heterocycles. The van der Waals surface area contributed by atoms with Crippen LogP contribution in [0.15, 0.2) is 36.4 Å². The number of halogens is 1. The van der Waals surface area contributed by atoms with E-state index < -0.39 is 0 Å². The second-order valence-corrected chi connectivity index (χ2v) is 4.59. The number of nitriles is 1. The minimum atomic E-state index is -0.143. The highest BCUT2D eigenvalue weighted by Gasteiger charge is 2.04. The predicted molar refractivity (Wildman–Crippen MR) is 74.4 cm³/mol. The lowest BCUT2D eigenvalue weighted by atomic mass is 10.1. The zero-order valence-electron chi connectivity index (χ0n) is 11.0. The zero-order valence-corrected chi connectivity index (χ0v) is 11.0. The Morgan fingerprint density at radius 1 is 1.16 bits per heavy atom. The molecule has 0 aliphatic rings. The third-order valence-electron chi connectivity index (χ3n) is 2.98. The molecule has 0 spiro atoms. The van der Waals surface area contributed by atoms with Crippen molar-refractivity contribution in [3.8, 4) is 6.07 Å². The normalized spacial score (nSPS) is 10.0. The lowest BCUT2D eigenvalue weighted by molar-refractivity contribution is 0.608. The summed E-state index contributed by atoms with van der Waals surface area (Å²) in [4.78, 5) is 0. The Kier molecular flexibility index (Phi) is 3.82. The second-order valence-electron chi connectivity index (χ2n) is 4.59. The molecule has 0 aliphatic carbocycles. The van der Waals surface area contributed by atoms with Crippen LogP contribution in [0.2, 0.25) is 0 Å². The van der Waals surface area contributed by atoms with E-state index in [1.54, 1.807) is 26.0 Å². The van der Waals surface area contributed by atoms with E-state index in [4.69, 9.17) is 5.26 Å². The van der Waals surface area contributed by atoms with Gasteiger partial charge in [-0.2, -0.15) is 5.26 Å². The molecule has 0 saturated heterocycles. The highest BCUT2D eigenvalue weighted by atomic mass is 19.1. The Morgan fingerprint density at radius 2 is 1.84 bits per heavy atom. The molecule has 19 heavy (non-hydrogen) atoms. The summed E-state index contributed by atoms with van der Waals surface area (Å²) in [6.07, 6.45) is 0. The molecule has 2 nitrogen and oxygen atoms in total. The van der Waals surface area contributed by atoms with Gasteiger partial charge < -0.3 is 5.32 Å². The number of anilines is 1. The molecule has 2 rings (SSSR count). The third kappa shape index (κ3) is 3.11. The van der Waals surface area contributed by atoms with Gasteiger partial charge in [-0.25, -0.2) is 4.39 Å². The topological polar surface area (TPSA) is 35.8 Å². The lowest BCUT2D eigenvalue weighted by Gasteiger charge is -2.09. The van der Waals surface area contributed by atoms with Gasteiger partial charge in [0.1, 0.15) is 5.82 Å². The molecule has 0 atom stereocenters. The number of hydrogen-bond donors (Lipinski definition) is 1. The summed E-state index contributed by atoms with van der Waals surface area (Å²) < 4.78 is 13.5. The van der Waals surface area contributed by atoms with Crippen LogP contribution in [0.1, 0.15) is 22.3 Å². The standard InChI is InChI=1S/C16H15FN2/c1-11-6-14(7-12(2)16(11)17)10-19-15-5-3-4-13(8-15)9-18/h3-8,19H,10H2,1-2H3. The molecule has 0 fully saturated rings. The van der Waals surface area contributed by atoms with Crippen molar-refractivity contribution in [1.29, 1.82) is 5.26 Å². The van der Waals surface area contributed by atoms with Crippen LogP contribution >= 0.6 is 0 Å². The van der Waals surface area contributed by atoms with Crippen molar-refractivity contribution < 1.29 is 4.39 Å². The van der Waals surface area contributed by atoms with E-state index in [1.807, 2.05) is 24.3 Å². The van der Waals surface area contributed by atoms with Gasteiger partial charge in [-0.05, 0) is 48.7 Å². The average molecular weight is 254 g/mol. The van der Waals surface area contributed by atoms with E-state index in [0.717, 1.165) is 11.3 Å². The Morgan fingerprint density at radius 3 is 2.47 bits per heavy atom. The molecule has 0 bridgehead atoms. The summed E-state index contributed by atoms with van der Waals surface area (Å²) in [7, 11) is 0. The van der Waals surface area contributed by atoms with Crippen LogP contribution in [0.3, 0.4) is 0 Å². The summed E-state index contributed by atoms with van der Waals surface area (Å²) >= 11 is 0. The summed E-state index contributed by atoms with van der Waals surface area (Å²) in [5.41, 5.74) is 3.85. The van der Waals surface area contributed by atoms with Crippen LogP contribution in [0.4, 0.5) is 10.1 Å². The number of aryl methyl sites for hydroxylation is 2. The van der Waals surface area contributed by atoms with E-state index in [1.165, 1.54) is 0 Å². The quantitative estimate of drug-likeness (QED) is 0.900. The highest BCUT2D eigenvalue weighted by molar-refractivity contribution is 5.49. The first-order chi connectivity index (χ1) is 9.10. The number of hydrogen-bond acceptors (Lipinski definition) is 2. The fraction of sp³-hybridized carbons (Fsp3) is 0.188. The van der Waals surface area contributed by atoms with E-state index in [2.05, 4.69) is 11.4 Å². The first kappa shape index (κ1) is 13.1. The number of rotatable bonds is 3. The second kappa shape index (κ2) is 5.53. The van der Waals surface area contributed by atoms with E-state index in [9.17, 15) is 4.39 Å². The molecule has 2 aromatic rings. The molecule has 0 aromatic heterocycles. The Bertz CT molecular complexity index is 618. The van der Waals surface area contributed by atoms with Gasteiger partial charge in [0.25, 0.3) is 0 Å². The third-order valence-corrected chi connectivity index (χ3v) is 2.98. The molecule has 1 N–H and O–H groups in total. The number of nitrogens with zero attached hydrogens (tertiary/aromatic N) is 1. The molecule has 2 aromatic carbocycles. The van der Waals surface area contributed by atoms with Crippen LogP contribution in [0, 0.1) is 31.0 Å². The van der Waals surface area contributed by atoms with Crippen molar-refractivity contribution in [2.75, 3.05) is 5.32 Å². The average Bonchev–Trinajstić information content (AvgIpc) is 2.42. The van der Waals surface area contributed by atoms with Crippen molar-refractivity contribution >= 4 is 5.69 Å². The Balaban J connectivity index is 2.12. The number of nitrogens with one attached hydrogen (secondary N) is 1. The molecule has 0 amide bonds. The summed E-state index contributed by atoms with van der Waals surface area (Å²) in [5, 5.41) is 12.1. The fourth-order valence-electron chi connectivity index (χ4n) is 2.04. The molecule has 0 radical (unpaired) electrons. The van der Waals surface area contributed by atoms with E-state index in [0.29, 0.717) is 23.2 Å². The lowest BCUT2D eigenvalue weighted by Crippen LogP contribution is -2.01. The Hall–Kier alpha value is -2.34. The van der Waals surface area contributed by atoms with E-state index >= 15 is 0 Å². The largest absolute Gasteiger partial charge is 0.381 e. The van der Waals surface area contributed by atoms with Crippen LogP contribution in [-0.4, -0.2) is 0 Å². The predicted octanol–water partition coefficient (Wildman–Crippen LogP) is 3.93. The van der Waals surface area contributed by atoms with Gasteiger partial charge in [0, 0.05) is 12.2 Å². The van der Waals surface area contributed by atoms with Gasteiger partial charge in [0.15, 0.2) is 0 Å². The van der Waals surface area contributed by atoms with Crippen molar-refractivity contribution in [2.45, 2.75) is 20.4 Å². The van der Waals surface area contributed by atoms with Gasteiger partial charge in [-0.1, -0.05) is 18.2 Å². The molecule has 3 heteroatoms. The zero-order chi connectivity index (χ0) is 13.8. The van der Waals surface area contributed by atoms with E-state index in [-0.39, 0.29) is 5.82 Å². The van der Waals surface area contributed by atoms with Gasteiger partial charge in [-0.15, -0.1) is 0 Å². The maximum absolute atomic E-state index is 13.5. The first-order valence-corrected chi connectivity index (χ1v) is 6.10. The minimum absolute atomic E-state index is 0.143. The number of benzene rings is 2. The SMILES string of the molecule is Cc1cc(CNc2cccc(C#N)c2)cc(C)c1F. The Labute approximate surface area is 112 Å². The molecule has 0 saturated carbocycles. The maximum atomic E-state index is 13.5. The first-order valence-electron chi connectivity index (χ1n) is 6.10. The molecular formula is C16H15FN2. The van der Waals surface area contributed by atoms with Gasteiger partial charge in [0.2, 0.25) is 0 Å². The van der Waals surface area contributed by atoms with Crippen molar-refractivity contribution in [2.24, 2.45) is 0 Å². The smallest absolute Gasteiger partial charge is 0.129 e. The van der Waals surface area contributed by atoms with Crippen LogP contribution in [-0.2, 0) is 6.54 Å². The van der Waals surface area contributed by atoms with Crippen molar-refractivity contribution in [3.63, 3.8) is 0 Å². The van der Waals surface area contributed by atoms with Crippen LogP contribution in [0.25, 0.3) is 0 Å². The molecular weight excluding hydrogens is 239 g/mol. The molecule has 96 valence electrons. The summed E-state index contributed by atoms with van der Waals surface area (Å²) in [5.74, 6) is -0.143. The fourth-order valence-corrected chi connectivity index (χ4v) is 2.04. The van der Waals surface area contributed by atoms with Crippen LogP contribution in [0.5, 0.6) is 0 Å². The van der Waals surface area contributed by atoms with Crippen molar-refractivity contribution in [1.82, 2.24) is 0 Å². The molecule has 0 unspecified atom stereocenters. The minimum Gasteiger partial charge on any atom is -0.381 e. The van der Waals surface area contributed by atoms with Crippen LogP contribution < -0.4 is 5.32 Å². The highest BCUT2D eigenvalue weighted by Crippen LogP contribution is 2.16. The van der Waals surface area contributed by atoms with Gasteiger partial charge >= 0.3 is 0 Å². The van der Waals surface area contributed by atoms with Gasteiger partial charge in [0.05, 0.1) is 11.6 Å². The molecule has 0 heterocycles. The van der Waals surface area contributed by atoms with Gasteiger partial charge in [-0.3, -0.25) is 0 Å². The summed E-state index contributed by atoms with van der Waals surface area (Å²) in [6, 6.07) is 13.1. The van der Waals surface area contributed by atoms with Crippen molar-refractivity contribution in [3.05, 3.63) is 64.5 Å². The summed E-state index contributed by atoms with van der Waals surface area (Å²) in [6.45, 7) is 4.14. The maximum Gasteiger partial charge on any atom is 0.129 e. The monoisotopic (exact) mass is 254 g/mol.